The van der Waals surface area contributed by atoms with Crippen molar-refractivity contribution >= 4 is 0 Å². The van der Waals surface area contributed by atoms with Crippen molar-refractivity contribution in [3.8, 4) is 0 Å². The van der Waals surface area contributed by atoms with Gasteiger partial charge in [0.25, 0.3) is 0 Å². The predicted molar refractivity (Wildman–Crippen MR) is 38.3 cm³/mol. The minimum atomic E-state index is 0.520. The summed E-state index contributed by atoms with van der Waals surface area (Å²) in [5.74, 6) is 0.520. The lowest BCUT2D eigenvalue weighted by atomic mass is 10.1. The van der Waals surface area contributed by atoms with Crippen LogP contribution in [0.2, 0.25) is 0 Å². The molecule has 0 N–H and O–H groups in total. The molecule has 8 heavy (non-hydrogen) atoms. The second-order valence-electron chi connectivity index (χ2n) is 2.39. The first-order chi connectivity index (χ1) is 3.63. The van der Waals surface area contributed by atoms with Crippen LogP contribution in [0.1, 0.15) is 20.3 Å². The van der Waals surface area contributed by atoms with Crippen molar-refractivity contribution in [2.75, 3.05) is 0 Å². The van der Waals surface area contributed by atoms with Gasteiger partial charge in [0.05, 0.1) is 0 Å². The summed E-state index contributed by atoms with van der Waals surface area (Å²) in [7, 11) is 0. The first-order valence-electron chi connectivity index (χ1n) is 2.94. The van der Waals surface area contributed by atoms with E-state index in [-0.39, 0.29) is 0 Å². The van der Waals surface area contributed by atoms with Gasteiger partial charge in [0.2, 0.25) is 0 Å². The van der Waals surface area contributed by atoms with Crippen LogP contribution in [-0.2, 0) is 0 Å². The maximum atomic E-state index is 3.84. The Hall–Kier alpha value is -0.260. The maximum Gasteiger partial charge on any atom is -0.0286 e. The lowest BCUT2D eigenvalue weighted by molar-refractivity contribution is 0.737. The second kappa shape index (κ2) is 3.71. The molecule has 0 heteroatoms. The molecule has 0 aromatic heterocycles. The molecule has 0 aliphatic heterocycles. The normalized spacial score (nSPS) is 12.9. The van der Waals surface area contributed by atoms with Crippen molar-refractivity contribution < 1.29 is 0 Å². The largest absolute Gasteiger partial charge is 0.0853 e. The Morgan fingerprint density at radius 3 is 2.38 bits per heavy atom. The number of hydrogen-bond acceptors (Lipinski definition) is 0. The van der Waals surface area contributed by atoms with Crippen molar-refractivity contribution in [2.45, 2.75) is 20.3 Å². The molecule has 0 saturated heterocycles. The van der Waals surface area contributed by atoms with Gasteiger partial charge in [-0.25, -0.2) is 0 Å². The summed E-state index contributed by atoms with van der Waals surface area (Å²) in [6.45, 7) is 11.7. The minimum absolute atomic E-state index is 0.520. The quantitative estimate of drug-likeness (QED) is 0.512. The third kappa shape index (κ3) is 5.74. The smallest absolute Gasteiger partial charge is 0.0286 e. The van der Waals surface area contributed by atoms with Crippen LogP contribution < -0.4 is 0 Å². The average molecular weight is 110 g/mol. The zero-order chi connectivity index (χ0) is 6.57. The van der Waals surface area contributed by atoms with Gasteiger partial charge >= 0.3 is 0 Å². The van der Waals surface area contributed by atoms with Gasteiger partial charge in [0.15, 0.2) is 0 Å². The Morgan fingerprint density at radius 1 is 1.75 bits per heavy atom. The van der Waals surface area contributed by atoms with E-state index in [0.29, 0.717) is 5.92 Å². The van der Waals surface area contributed by atoms with E-state index in [1.165, 1.54) is 0 Å². The minimum Gasteiger partial charge on any atom is -0.0853 e. The van der Waals surface area contributed by atoms with Gasteiger partial charge in [0, 0.05) is 0 Å². The predicted octanol–water partition coefficient (Wildman–Crippen LogP) is 2.63. The van der Waals surface area contributed by atoms with E-state index in [2.05, 4.69) is 26.8 Å². The van der Waals surface area contributed by atoms with E-state index >= 15 is 0 Å². The van der Waals surface area contributed by atoms with Gasteiger partial charge in [-0.05, 0) is 26.2 Å². The summed E-state index contributed by atoms with van der Waals surface area (Å²) in [5.41, 5.74) is 1.14. The van der Waals surface area contributed by atoms with Crippen LogP contribution in [0.25, 0.3) is 0 Å². The topological polar surface area (TPSA) is 0 Å². The molecule has 0 bridgehead atoms. The van der Waals surface area contributed by atoms with Gasteiger partial charge in [-0.1, -0.05) is 25.5 Å². The monoisotopic (exact) mass is 110 g/mol. The van der Waals surface area contributed by atoms with Crippen LogP contribution in [-0.4, -0.2) is 0 Å². The fourth-order valence-electron chi connectivity index (χ4n) is 0.402. The molecule has 46 valence electrons. The summed E-state index contributed by atoms with van der Waals surface area (Å²) in [4.78, 5) is 0. The van der Waals surface area contributed by atoms with Crippen molar-refractivity contribution in [1.82, 2.24) is 0 Å². The fraction of sp³-hybridized carbons (Fsp3) is 0.500. The number of hydrogen-bond donors (Lipinski definition) is 0. The summed E-state index contributed by atoms with van der Waals surface area (Å²) < 4.78 is 0. The molecule has 0 spiro atoms. The van der Waals surface area contributed by atoms with E-state index in [4.69, 9.17) is 0 Å². The molecular formula is C8H14. The fourth-order valence-corrected chi connectivity index (χ4v) is 0.402. The molecular weight excluding hydrogens is 96.1 g/mol. The third-order valence-electron chi connectivity index (χ3n) is 0.869. The second-order valence-corrected chi connectivity index (χ2v) is 2.39. The zero-order valence-corrected chi connectivity index (χ0v) is 5.78. The van der Waals surface area contributed by atoms with Gasteiger partial charge < -0.3 is 0 Å². The Balaban J connectivity index is 3.29. The van der Waals surface area contributed by atoms with E-state index < -0.39 is 0 Å². The van der Waals surface area contributed by atoms with Crippen molar-refractivity contribution in [3.05, 3.63) is 25.5 Å². The SMILES string of the molecule is [CH2]/C(C)=C/CC([CH2])C. The molecule has 0 aromatic rings. The van der Waals surface area contributed by atoms with Crippen LogP contribution in [0.15, 0.2) is 11.6 Å². The first kappa shape index (κ1) is 7.74. The third-order valence-corrected chi connectivity index (χ3v) is 0.869. The number of rotatable bonds is 2. The molecule has 2 radical (unpaired) electrons. The van der Waals surface area contributed by atoms with Crippen LogP contribution in [0, 0.1) is 19.8 Å². The van der Waals surface area contributed by atoms with Crippen molar-refractivity contribution in [3.63, 3.8) is 0 Å². The molecule has 0 nitrogen and oxygen atoms in total. The molecule has 1 unspecified atom stereocenters. The van der Waals surface area contributed by atoms with E-state index in [0.717, 1.165) is 12.0 Å². The summed E-state index contributed by atoms with van der Waals surface area (Å²) in [5, 5.41) is 0. The molecule has 1 atom stereocenters. The maximum absolute atomic E-state index is 3.84. The Morgan fingerprint density at radius 2 is 2.25 bits per heavy atom. The molecule has 0 heterocycles. The van der Waals surface area contributed by atoms with Crippen molar-refractivity contribution in [2.24, 2.45) is 5.92 Å². The zero-order valence-electron chi connectivity index (χ0n) is 5.78. The highest BCUT2D eigenvalue weighted by atomic mass is 13.9. The van der Waals surface area contributed by atoms with E-state index in [1.807, 2.05) is 6.92 Å². The lowest BCUT2D eigenvalue weighted by Gasteiger charge is -1.96. The highest BCUT2D eigenvalue weighted by Gasteiger charge is 1.86. The van der Waals surface area contributed by atoms with Gasteiger partial charge in [-0.15, -0.1) is 0 Å². The van der Waals surface area contributed by atoms with Gasteiger partial charge in [-0.2, -0.15) is 0 Å². The highest BCUT2D eigenvalue weighted by Crippen LogP contribution is 2.01. The van der Waals surface area contributed by atoms with Gasteiger partial charge in [0.1, 0.15) is 0 Å². The molecule has 0 fully saturated rings. The van der Waals surface area contributed by atoms with E-state index in [9.17, 15) is 0 Å². The molecule has 0 saturated carbocycles. The lowest BCUT2D eigenvalue weighted by Crippen LogP contribution is -1.82. The van der Waals surface area contributed by atoms with Crippen LogP contribution in [0.3, 0.4) is 0 Å². The van der Waals surface area contributed by atoms with E-state index in [1.54, 1.807) is 0 Å². The van der Waals surface area contributed by atoms with Crippen LogP contribution in [0.5, 0.6) is 0 Å². The Kier molecular flexibility index (Phi) is 3.59. The molecule has 0 rings (SSSR count). The number of allylic oxidation sites excluding steroid dienone is 2. The highest BCUT2D eigenvalue weighted by molar-refractivity contribution is 5.01. The Bertz CT molecular complexity index is 74.0. The standard InChI is InChI=1S/C8H14/c1-7(2)5-6-8(3)4/h5,8H,1,3,6H2,2,4H3/b7-5-. The van der Waals surface area contributed by atoms with Crippen LogP contribution >= 0.6 is 0 Å². The summed E-state index contributed by atoms with van der Waals surface area (Å²) in [6, 6.07) is 0. The average Bonchev–Trinajstić information content (AvgIpc) is 1.61. The summed E-state index contributed by atoms with van der Waals surface area (Å²) >= 11 is 0. The first-order valence-corrected chi connectivity index (χ1v) is 2.94. The molecule has 0 aromatic carbocycles. The summed E-state index contributed by atoms with van der Waals surface area (Å²) in [6.07, 6.45) is 3.16. The molecule has 0 aliphatic carbocycles. The molecule has 0 aliphatic rings. The van der Waals surface area contributed by atoms with Crippen molar-refractivity contribution in [1.29, 1.82) is 0 Å². The van der Waals surface area contributed by atoms with Gasteiger partial charge in [-0.3, -0.25) is 0 Å². The van der Waals surface area contributed by atoms with Crippen LogP contribution in [0.4, 0.5) is 0 Å². The Labute approximate surface area is 52.6 Å². The molecule has 0 amide bonds.